The molecule has 114 valence electrons. The van der Waals surface area contributed by atoms with Crippen LogP contribution in [0.25, 0.3) is 0 Å². The number of benzene rings is 1. The summed E-state index contributed by atoms with van der Waals surface area (Å²) in [4.78, 5) is 4.49. The van der Waals surface area contributed by atoms with Crippen LogP contribution in [0.15, 0.2) is 41.6 Å². The van der Waals surface area contributed by atoms with E-state index in [1.807, 2.05) is 17.7 Å². The molecule has 0 unspecified atom stereocenters. The molecule has 0 aliphatic carbocycles. The van der Waals surface area contributed by atoms with E-state index in [1.165, 1.54) is 0 Å². The summed E-state index contributed by atoms with van der Waals surface area (Å²) < 4.78 is 29.0. The highest BCUT2D eigenvalue weighted by Gasteiger charge is 2.15. The van der Waals surface area contributed by atoms with Gasteiger partial charge in [0, 0.05) is 18.9 Å². The van der Waals surface area contributed by atoms with Crippen LogP contribution in [0.3, 0.4) is 0 Å². The summed E-state index contributed by atoms with van der Waals surface area (Å²) >= 11 is 0. The van der Waals surface area contributed by atoms with E-state index in [1.54, 1.807) is 30.5 Å². The van der Waals surface area contributed by atoms with Crippen molar-refractivity contribution in [2.45, 2.75) is 38.8 Å². The molecule has 0 fully saturated rings. The van der Waals surface area contributed by atoms with Gasteiger partial charge in [-0.2, -0.15) is 0 Å². The average Bonchev–Trinajstić information content (AvgIpc) is 2.83. The minimum Gasteiger partial charge on any atom is -0.334 e. The molecule has 0 aliphatic heterocycles. The van der Waals surface area contributed by atoms with E-state index < -0.39 is 10.0 Å². The van der Waals surface area contributed by atoms with E-state index in [9.17, 15) is 8.42 Å². The van der Waals surface area contributed by atoms with Gasteiger partial charge in [0.25, 0.3) is 0 Å². The fraction of sp³-hybridized carbons (Fsp3) is 0.400. The molecule has 0 radical (unpaired) electrons. The first-order chi connectivity index (χ1) is 9.88. The van der Waals surface area contributed by atoms with Crippen LogP contribution in [-0.2, 0) is 23.1 Å². The second kappa shape index (κ2) is 6.41. The smallest absolute Gasteiger partial charge is 0.240 e. The summed E-state index contributed by atoms with van der Waals surface area (Å²) in [6.45, 7) is 7.16. The molecule has 0 aliphatic rings. The van der Waals surface area contributed by atoms with Crippen LogP contribution in [0.5, 0.6) is 0 Å². The highest BCUT2D eigenvalue weighted by molar-refractivity contribution is 7.89. The maximum absolute atomic E-state index is 12.2. The van der Waals surface area contributed by atoms with Gasteiger partial charge in [0.2, 0.25) is 10.0 Å². The molecular weight excluding hydrogens is 286 g/mol. The molecule has 0 atom stereocenters. The normalized spacial score (nSPS) is 12.0. The van der Waals surface area contributed by atoms with Gasteiger partial charge in [-0.1, -0.05) is 31.5 Å². The zero-order valence-electron chi connectivity index (χ0n) is 12.6. The monoisotopic (exact) mass is 307 g/mol. The molecule has 5 nitrogen and oxygen atoms in total. The summed E-state index contributed by atoms with van der Waals surface area (Å²) in [6.07, 6.45) is 3.56. The van der Waals surface area contributed by atoms with E-state index in [2.05, 4.69) is 23.6 Å². The number of aryl methyl sites for hydroxylation is 1. The lowest BCUT2D eigenvalue weighted by molar-refractivity contribution is 0.502. The molecule has 0 saturated carbocycles. The van der Waals surface area contributed by atoms with Crippen molar-refractivity contribution in [3.05, 3.63) is 48.0 Å². The van der Waals surface area contributed by atoms with E-state index in [-0.39, 0.29) is 11.4 Å². The van der Waals surface area contributed by atoms with E-state index in [0.29, 0.717) is 5.92 Å². The number of nitrogens with zero attached hydrogens (tertiary/aromatic N) is 2. The van der Waals surface area contributed by atoms with E-state index in [0.717, 1.165) is 17.9 Å². The molecule has 21 heavy (non-hydrogen) atoms. The number of nitrogens with one attached hydrogen (secondary N) is 1. The number of hydrogen-bond acceptors (Lipinski definition) is 3. The number of sulfonamides is 1. The molecule has 1 N–H and O–H groups in total. The third kappa shape index (κ3) is 4.15. The van der Waals surface area contributed by atoms with E-state index in [4.69, 9.17) is 0 Å². The number of hydrogen-bond donors (Lipinski definition) is 1. The number of rotatable bonds is 6. The van der Waals surface area contributed by atoms with Crippen LogP contribution in [0.4, 0.5) is 0 Å². The molecule has 2 rings (SSSR count). The van der Waals surface area contributed by atoms with Crippen molar-refractivity contribution in [3.63, 3.8) is 0 Å². The molecule has 0 bridgehead atoms. The SMILES string of the molecule is Cc1ccc(S(=O)(=O)NCc2nccn2CC(C)C)cc1. The molecule has 0 spiro atoms. The Morgan fingerprint density at radius 2 is 1.90 bits per heavy atom. The minimum absolute atomic E-state index is 0.190. The Morgan fingerprint density at radius 1 is 1.24 bits per heavy atom. The van der Waals surface area contributed by atoms with Crippen molar-refractivity contribution in [1.29, 1.82) is 0 Å². The van der Waals surface area contributed by atoms with Crippen molar-refractivity contribution in [2.75, 3.05) is 0 Å². The molecule has 0 amide bonds. The largest absolute Gasteiger partial charge is 0.334 e. The maximum atomic E-state index is 12.2. The second-order valence-corrected chi connectivity index (χ2v) is 7.29. The first kappa shape index (κ1) is 15.7. The van der Waals surface area contributed by atoms with Gasteiger partial charge < -0.3 is 4.57 Å². The van der Waals surface area contributed by atoms with Crippen molar-refractivity contribution in [1.82, 2.24) is 14.3 Å². The van der Waals surface area contributed by atoms with Crippen molar-refractivity contribution < 1.29 is 8.42 Å². The highest BCUT2D eigenvalue weighted by Crippen LogP contribution is 2.11. The fourth-order valence-corrected chi connectivity index (χ4v) is 3.01. The Morgan fingerprint density at radius 3 is 2.52 bits per heavy atom. The van der Waals surface area contributed by atoms with Crippen LogP contribution in [0.2, 0.25) is 0 Å². The van der Waals surface area contributed by atoms with Crippen LogP contribution in [-0.4, -0.2) is 18.0 Å². The predicted octanol–water partition coefficient (Wildman–Crippen LogP) is 2.33. The molecule has 1 aromatic heterocycles. The zero-order valence-corrected chi connectivity index (χ0v) is 13.4. The lowest BCUT2D eigenvalue weighted by Gasteiger charge is -2.11. The van der Waals surface area contributed by atoms with Crippen molar-refractivity contribution >= 4 is 10.0 Å². The Bertz CT molecular complexity index is 688. The van der Waals surface area contributed by atoms with Crippen LogP contribution < -0.4 is 4.72 Å². The molecule has 1 heterocycles. The molecule has 1 aromatic carbocycles. The standard InChI is InChI=1S/C15H21N3O2S/c1-12(2)11-18-9-8-16-15(18)10-17-21(19,20)14-6-4-13(3)5-7-14/h4-9,12,17H,10-11H2,1-3H3. The summed E-state index contributed by atoms with van der Waals surface area (Å²) in [6, 6.07) is 6.79. The Kier molecular flexibility index (Phi) is 4.80. The van der Waals surface area contributed by atoms with Crippen molar-refractivity contribution in [2.24, 2.45) is 5.92 Å². The zero-order chi connectivity index (χ0) is 15.5. The molecular formula is C15H21N3O2S. The predicted molar refractivity (Wildman–Crippen MR) is 82.3 cm³/mol. The van der Waals surface area contributed by atoms with Gasteiger partial charge >= 0.3 is 0 Å². The Labute approximate surface area is 126 Å². The fourth-order valence-electron chi connectivity index (χ4n) is 2.03. The summed E-state index contributed by atoms with van der Waals surface area (Å²) in [5.41, 5.74) is 1.03. The Balaban J connectivity index is 2.08. The maximum Gasteiger partial charge on any atom is 0.240 e. The number of imidazole rings is 1. The third-order valence-corrected chi connectivity index (χ3v) is 4.53. The lowest BCUT2D eigenvalue weighted by atomic mass is 10.2. The first-order valence-corrected chi connectivity index (χ1v) is 8.43. The topological polar surface area (TPSA) is 64.0 Å². The van der Waals surface area contributed by atoms with Gasteiger partial charge in [-0.25, -0.2) is 18.1 Å². The summed E-state index contributed by atoms with van der Waals surface area (Å²) in [7, 11) is -3.50. The third-order valence-electron chi connectivity index (χ3n) is 3.12. The van der Waals surface area contributed by atoms with Crippen LogP contribution in [0.1, 0.15) is 25.2 Å². The molecule has 2 aromatic rings. The quantitative estimate of drug-likeness (QED) is 0.891. The van der Waals surface area contributed by atoms with Gasteiger partial charge in [-0.3, -0.25) is 0 Å². The van der Waals surface area contributed by atoms with Crippen molar-refractivity contribution in [3.8, 4) is 0 Å². The summed E-state index contributed by atoms with van der Waals surface area (Å²) in [5.74, 6) is 1.20. The van der Waals surface area contributed by atoms with Gasteiger partial charge in [0.1, 0.15) is 5.82 Å². The van der Waals surface area contributed by atoms with Gasteiger partial charge in [0.15, 0.2) is 0 Å². The first-order valence-electron chi connectivity index (χ1n) is 6.95. The second-order valence-electron chi connectivity index (χ2n) is 5.53. The summed E-state index contributed by atoms with van der Waals surface area (Å²) in [5, 5.41) is 0. The van der Waals surface area contributed by atoms with Gasteiger partial charge in [-0.15, -0.1) is 0 Å². The van der Waals surface area contributed by atoms with Crippen LogP contribution >= 0.6 is 0 Å². The highest BCUT2D eigenvalue weighted by atomic mass is 32.2. The van der Waals surface area contributed by atoms with Gasteiger partial charge in [-0.05, 0) is 25.0 Å². The van der Waals surface area contributed by atoms with Gasteiger partial charge in [0.05, 0.1) is 11.4 Å². The minimum atomic E-state index is -3.50. The average molecular weight is 307 g/mol. The lowest BCUT2D eigenvalue weighted by Crippen LogP contribution is -2.25. The van der Waals surface area contributed by atoms with Crippen LogP contribution in [0, 0.1) is 12.8 Å². The Hall–Kier alpha value is -1.66. The molecule has 6 heteroatoms. The number of aromatic nitrogens is 2. The van der Waals surface area contributed by atoms with E-state index >= 15 is 0 Å². The molecule has 0 saturated heterocycles.